The number of rotatable bonds is 10. The van der Waals surface area contributed by atoms with Gasteiger partial charge in [-0.2, -0.15) is 5.10 Å². The van der Waals surface area contributed by atoms with Gasteiger partial charge in [0, 0.05) is 31.5 Å². The molecule has 1 rings (SSSR count). The molecular weight excluding hydrogens is 280 g/mol. The van der Waals surface area contributed by atoms with Crippen molar-refractivity contribution in [2.75, 3.05) is 31.9 Å². The van der Waals surface area contributed by atoms with Gasteiger partial charge >= 0.3 is 0 Å². The van der Waals surface area contributed by atoms with Crippen molar-refractivity contribution in [1.29, 1.82) is 0 Å². The molecule has 0 saturated heterocycles. The van der Waals surface area contributed by atoms with Crippen molar-refractivity contribution in [2.45, 2.75) is 46.2 Å². The maximum Gasteiger partial charge on any atom is 0.0984 e. The second kappa shape index (κ2) is 9.49. The molecule has 1 aromatic heterocycles. The Kier molecular flexibility index (Phi) is 8.37. The van der Waals surface area contributed by atoms with E-state index in [4.69, 9.17) is 0 Å². The SMILES string of the molecule is CCN(CC)CCSc1c(CNCC(C)C)c(C)nn1C. The van der Waals surface area contributed by atoms with Gasteiger partial charge in [-0.05, 0) is 32.5 Å². The molecule has 1 N–H and O–H groups in total. The first kappa shape index (κ1) is 18.5. The Labute approximate surface area is 134 Å². The molecule has 0 amide bonds. The molecule has 0 aliphatic heterocycles. The fourth-order valence-corrected chi connectivity index (χ4v) is 3.53. The second-order valence-electron chi connectivity index (χ2n) is 5.89. The van der Waals surface area contributed by atoms with Crippen molar-refractivity contribution < 1.29 is 0 Å². The Morgan fingerprint density at radius 2 is 1.95 bits per heavy atom. The van der Waals surface area contributed by atoms with E-state index in [-0.39, 0.29) is 0 Å². The molecule has 0 atom stereocenters. The van der Waals surface area contributed by atoms with Gasteiger partial charge in [0.15, 0.2) is 0 Å². The van der Waals surface area contributed by atoms with Gasteiger partial charge in [-0.15, -0.1) is 11.8 Å². The van der Waals surface area contributed by atoms with Crippen molar-refractivity contribution in [3.63, 3.8) is 0 Å². The molecule has 0 aliphatic rings. The first-order valence-electron chi connectivity index (χ1n) is 8.07. The predicted molar refractivity (Wildman–Crippen MR) is 93.0 cm³/mol. The van der Waals surface area contributed by atoms with Crippen LogP contribution in [0, 0.1) is 12.8 Å². The summed E-state index contributed by atoms with van der Waals surface area (Å²) in [5, 5.41) is 9.44. The van der Waals surface area contributed by atoms with E-state index in [1.165, 1.54) is 10.6 Å². The smallest absolute Gasteiger partial charge is 0.0984 e. The summed E-state index contributed by atoms with van der Waals surface area (Å²) in [6, 6.07) is 0. The lowest BCUT2D eigenvalue weighted by Gasteiger charge is -2.17. The van der Waals surface area contributed by atoms with E-state index < -0.39 is 0 Å². The van der Waals surface area contributed by atoms with E-state index in [0.717, 1.165) is 44.2 Å². The lowest BCUT2D eigenvalue weighted by Crippen LogP contribution is -2.25. The van der Waals surface area contributed by atoms with E-state index in [1.54, 1.807) is 0 Å². The summed E-state index contributed by atoms with van der Waals surface area (Å²) in [6.45, 7) is 16.4. The van der Waals surface area contributed by atoms with E-state index in [0.29, 0.717) is 5.92 Å². The molecule has 1 heterocycles. The third-order valence-electron chi connectivity index (χ3n) is 3.68. The van der Waals surface area contributed by atoms with E-state index >= 15 is 0 Å². The number of nitrogens with zero attached hydrogens (tertiary/aromatic N) is 3. The van der Waals surface area contributed by atoms with Crippen molar-refractivity contribution >= 4 is 11.8 Å². The van der Waals surface area contributed by atoms with Crippen molar-refractivity contribution in [3.8, 4) is 0 Å². The molecule has 122 valence electrons. The Morgan fingerprint density at radius 1 is 1.29 bits per heavy atom. The van der Waals surface area contributed by atoms with Crippen LogP contribution in [-0.2, 0) is 13.6 Å². The number of hydrogen-bond acceptors (Lipinski definition) is 4. The lowest BCUT2D eigenvalue weighted by atomic mass is 10.2. The van der Waals surface area contributed by atoms with Crippen LogP contribution in [0.25, 0.3) is 0 Å². The standard InChI is InChI=1S/C16H32N4S/c1-7-20(8-2)9-10-21-16-15(12-17-11-13(3)4)14(5)18-19(16)6/h13,17H,7-12H2,1-6H3. The molecule has 4 nitrogen and oxygen atoms in total. The van der Waals surface area contributed by atoms with Crippen LogP contribution in [0.5, 0.6) is 0 Å². The summed E-state index contributed by atoms with van der Waals surface area (Å²) in [6.07, 6.45) is 0. The van der Waals surface area contributed by atoms with Crippen molar-refractivity contribution in [3.05, 3.63) is 11.3 Å². The highest BCUT2D eigenvalue weighted by Gasteiger charge is 2.13. The summed E-state index contributed by atoms with van der Waals surface area (Å²) in [5.41, 5.74) is 2.52. The Bertz CT molecular complexity index is 411. The first-order chi connectivity index (χ1) is 9.99. The molecule has 0 spiro atoms. The summed E-state index contributed by atoms with van der Waals surface area (Å²) in [4.78, 5) is 2.47. The number of hydrogen-bond donors (Lipinski definition) is 1. The lowest BCUT2D eigenvalue weighted by molar-refractivity contribution is 0.324. The van der Waals surface area contributed by atoms with Crippen LogP contribution in [-0.4, -0.2) is 46.6 Å². The normalized spacial score (nSPS) is 11.8. The highest BCUT2D eigenvalue weighted by Crippen LogP contribution is 2.24. The Morgan fingerprint density at radius 3 is 2.52 bits per heavy atom. The monoisotopic (exact) mass is 312 g/mol. The average Bonchev–Trinajstić information content (AvgIpc) is 2.69. The number of aromatic nitrogens is 2. The molecule has 0 bridgehead atoms. The van der Waals surface area contributed by atoms with E-state index in [9.17, 15) is 0 Å². The molecule has 0 aliphatic carbocycles. The molecule has 0 radical (unpaired) electrons. The fraction of sp³-hybridized carbons (Fsp3) is 0.812. The Balaban J connectivity index is 2.59. The number of nitrogens with one attached hydrogen (secondary N) is 1. The predicted octanol–water partition coefficient (Wildman–Crippen LogP) is 2.91. The number of thioether (sulfide) groups is 1. The largest absolute Gasteiger partial charge is 0.312 e. The van der Waals surface area contributed by atoms with Gasteiger partial charge in [0.2, 0.25) is 0 Å². The zero-order valence-corrected chi connectivity index (χ0v) is 15.4. The van der Waals surface area contributed by atoms with Gasteiger partial charge in [-0.1, -0.05) is 27.7 Å². The zero-order chi connectivity index (χ0) is 15.8. The topological polar surface area (TPSA) is 33.1 Å². The van der Waals surface area contributed by atoms with Crippen LogP contribution in [0.2, 0.25) is 0 Å². The molecule has 5 heteroatoms. The maximum absolute atomic E-state index is 4.59. The second-order valence-corrected chi connectivity index (χ2v) is 6.98. The molecule has 0 fully saturated rings. The summed E-state index contributed by atoms with van der Waals surface area (Å²) >= 11 is 1.93. The minimum absolute atomic E-state index is 0.681. The third-order valence-corrected chi connectivity index (χ3v) is 4.85. The molecular formula is C16H32N4S. The average molecular weight is 313 g/mol. The zero-order valence-electron chi connectivity index (χ0n) is 14.6. The van der Waals surface area contributed by atoms with Gasteiger partial charge in [0.1, 0.15) is 0 Å². The molecule has 0 unspecified atom stereocenters. The third kappa shape index (κ3) is 6.01. The molecule has 21 heavy (non-hydrogen) atoms. The van der Waals surface area contributed by atoms with E-state index in [2.05, 4.69) is 57.0 Å². The van der Waals surface area contributed by atoms with Crippen LogP contribution in [0.1, 0.15) is 39.0 Å². The molecule has 0 aromatic carbocycles. The van der Waals surface area contributed by atoms with Gasteiger partial charge < -0.3 is 10.2 Å². The van der Waals surface area contributed by atoms with E-state index in [1.807, 2.05) is 16.4 Å². The van der Waals surface area contributed by atoms with Crippen LogP contribution in [0.15, 0.2) is 5.03 Å². The summed E-state index contributed by atoms with van der Waals surface area (Å²) in [5.74, 6) is 1.80. The molecule has 1 aromatic rings. The summed E-state index contributed by atoms with van der Waals surface area (Å²) in [7, 11) is 2.05. The van der Waals surface area contributed by atoms with Crippen LogP contribution in [0.3, 0.4) is 0 Å². The maximum atomic E-state index is 4.59. The minimum Gasteiger partial charge on any atom is -0.312 e. The fourth-order valence-electron chi connectivity index (χ4n) is 2.36. The quantitative estimate of drug-likeness (QED) is 0.674. The van der Waals surface area contributed by atoms with Crippen LogP contribution >= 0.6 is 11.8 Å². The van der Waals surface area contributed by atoms with Crippen molar-refractivity contribution in [2.24, 2.45) is 13.0 Å². The highest BCUT2D eigenvalue weighted by atomic mass is 32.2. The molecule has 0 saturated carbocycles. The minimum atomic E-state index is 0.681. The van der Waals surface area contributed by atoms with Crippen molar-refractivity contribution in [1.82, 2.24) is 20.0 Å². The van der Waals surface area contributed by atoms with Crippen LogP contribution in [0.4, 0.5) is 0 Å². The first-order valence-corrected chi connectivity index (χ1v) is 9.06. The summed E-state index contributed by atoms with van der Waals surface area (Å²) < 4.78 is 2.04. The van der Waals surface area contributed by atoms with Gasteiger partial charge in [0.25, 0.3) is 0 Å². The highest BCUT2D eigenvalue weighted by molar-refractivity contribution is 7.99. The van der Waals surface area contributed by atoms with Crippen LogP contribution < -0.4 is 5.32 Å². The number of aryl methyl sites for hydroxylation is 2. The van der Waals surface area contributed by atoms with Gasteiger partial charge in [-0.25, -0.2) is 0 Å². The van der Waals surface area contributed by atoms with Gasteiger partial charge in [0.05, 0.1) is 10.7 Å². The van der Waals surface area contributed by atoms with Gasteiger partial charge in [-0.3, -0.25) is 4.68 Å². The Hall–Kier alpha value is -0.520.